The normalized spacial score (nSPS) is 15.1. The van der Waals surface area contributed by atoms with Crippen LogP contribution in [0.5, 0.6) is 0 Å². The van der Waals surface area contributed by atoms with E-state index in [4.69, 9.17) is 10.00 Å². The van der Waals surface area contributed by atoms with E-state index in [0.29, 0.717) is 10.6 Å². The Balaban J connectivity index is 1.86. The predicted molar refractivity (Wildman–Crippen MR) is 96.7 cm³/mol. The molecule has 2 rings (SSSR count). The molecule has 1 aromatic rings. The van der Waals surface area contributed by atoms with E-state index in [1.807, 2.05) is 6.07 Å². The van der Waals surface area contributed by atoms with Crippen LogP contribution in [0.2, 0.25) is 0 Å². The molecule has 142 valence electrons. The van der Waals surface area contributed by atoms with Gasteiger partial charge in [-0.15, -0.1) is 11.8 Å². The zero-order chi connectivity index (χ0) is 20.0. The summed E-state index contributed by atoms with van der Waals surface area (Å²) in [7, 11) is 0. The Labute approximate surface area is 160 Å². The monoisotopic (exact) mass is 390 g/mol. The van der Waals surface area contributed by atoms with E-state index in [-0.39, 0.29) is 5.75 Å². The van der Waals surface area contributed by atoms with Gasteiger partial charge in [0.05, 0.1) is 17.5 Å². The molecule has 1 heterocycles. The first-order valence-electron chi connectivity index (χ1n) is 7.93. The van der Waals surface area contributed by atoms with Crippen LogP contribution in [-0.2, 0) is 19.1 Å². The molecule has 4 amide bonds. The van der Waals surface area contributed by atoms with Crippen molar-refractivity contribution in [2.75, 3.05) is 24.2 Å². The fourth-order valence-corrected chi connectivity index (χ4v) is 2.94. The zero-order valence-electron chi connectivity index (χ0n) is 14.8. The fourth-order valence-electron chi connectivity index (χ4n) is 2.27. The molecule has 0 atom stereocenters. The fraction of sp³-hybridized carbons (Fsp3) is 0.353. The van der Waals surface area contributed by atoms with Crippen LogP contribution in [0.25, 0.3) is 0 Å². The molecule has 1 aliphatic rings. The predicted octanol–water partition coefficient (Wildman–Crippen LogP) is 1.11. The molecule has 9 nitrogen and oxygen atoms in total. The van der Waals surface area contributed by atoms with E-state index in [1.54, 1.807) is 24.3 Å². The molecule has 27 heavy (non-hydrogen) atoms. The van der Waals surface area contributed by atoms with Gasteiger partial charge in [0.1, 0.15) is 12.1 Å². The lowest BCUT2D eigenvalue weighted by molar-refractivity contribution is -0.150. The number of imide groups is 1. The average Bonchev–Trinajstić information content (AvgIpc) is 2.81. The standard InChI is InChI=1S/C17H18N4O5S/c1-17(2)15(24)21(16(25)20-17)9-14(23)26-10-13(22)19-11-5-3-4-6-12(11)27-8-7-18/h3-6H,8-10H2,1-2H3,(H,19,22)(H,20,25). The summed E-state index contributed by atoms with van der Waals surface area (Å²) in [6.07, 6.45) is 0. The van der Waals surface area contributed by atoms with Crippen molar-refractivity contribution >= 4 is 41.3 Å². The second-order valence-corrected chi connectivity index (χ2v) is 7.12. The van der Waals surface area contributed by atoms with Crippen molar-refractivity contribution in [3.8, 4) is 6.07 Å². The Morgan fingerprint density at radius 1 is 1.33 bits per heavy atom. The molecule has 1 saturated heterocycles. The van der Waals surface area contributed by atoms with Crippen LogP contribution in [0.3, 0.4) is 0 Å². The van der Waals surface area contributed by atoms with Crippen molar-refractivity contribution in [2.24, 2.45) is 0 Å². The van der Waals surface area contributed by atoms with Gasteiger partial charge in [0.2, 0.25) is 0 Å². The van der Waals surface area contributed by atoms with Gasteiger partial charge in [-0.2, -0.15) is 5.26 Å². The number of thioether (sulfide) groups is 1. The van der Waals surface area contributed by atoms with Gasteiger partial charge in [-0.25, -0.2) is 4.79 Å². The molecule has 0 radical (unpaired) electrons. The maximum atomic E-state index is 12.0. The average molecular weight is 390 g/mol. The molecule has 1 aromatic carbocycles. The molecule has 0 saturated carbocycles. The van der Waals surface area contributed by atoms with Gasteiger partial charge in [0, 0.05) is 4.90 Å². The van der Waals surface area contributed by atoms with Gasteiger partial charge < -0.3 is 15.4 Å². The Bertz CT molecular complexity index is 818. The summed E-state index contributed by atoms with van der Waals surface area (Å²) in [5, 5.41) is 13.7. The van der Waals surface area contributed by atoms with Crippen molar-refractivity contribution in [1.82, 2.24) is 10.2 Å². The van der Waals surface area contributed by atoms with E-state index in [9.17, 15) is 19.2 Å². The number of rotatable bonds is 7. The topological polar surface area (TPSA) is 129 Å². The Hall–Kier alpha value is -3.06. The molecule has 0 aromatic heterocycles. The van der Waals surface area contributed by atoms with E-state index in [0.717, 1.165) is 4.90 Å². The SMILES string of the molecule is CC1(C)NC(=O)N(CC(=O)OCC(=O)Nc2ccccc2SCC#N)C1=O. The van der Waals surface area contributed by atoms with E-state index in [2.05, 4.69) is 10.6 Å². The van der Waals surface area contributed by atoms with Crippen LogP contribution in [-0.4, -0.2) is 53.2 Å². The minimum absolute atomic E-state index is 0.226. The van der Waals surface area contributed by atoms with Gasteiger partial charge in [-0.05, 0) is 26.0 Å². The first kappa shape index (κ1) is 20.3. The third-order valence-corrected chi connectivity index (χ3v) is 4.49. The Morgan fingerprint density at radius 2 is 2.04 bits per heavy atom. The summed E-state index contributed by atoms with van der Waals surface area (Å²) < 4.78 is 4.84. The molecule has 1 fully saturated rings. The van der Waals surface area contributed by atoms with Crippen molar-refractivity contribution in [3.05, 3.63) is 24.3 Å². The Kier molecular flexibility index (Phi) is 6.41. The third-order valence-electron chi connectivity index (χ3n) is 3.55. The number of carbonyl (C=O) groups excluding carboxylic acids is 4. The number of anilines is 1. The lowest BCUT2D eigenvalue weighted by Gasteiger charge is -2.15. The van der Waals surface area contributed by atoms with E-state index >= 15 is 0 Å². The summed E-state index contributed by atoms with van der Waals surface area (Å²) >= 11 is 1.26. The Morgan fingerprint density at radius 3 is 2.67 bits per heavy atom. The van der Waals surface area contributed by atoms with Gasteiger partial charge in [-0.3, -0.25) is 19.3 Å². The maximum absolute atomic E-state index is 12.0. The molecule has 0 aliphatic carbocycles. The highest BCUT2D eigenvalue weighted by Crippen LogP contribution is 2.26. The number of esters is 1. The molecular weight excluding hydrogens is 372 g/mol. The number of nitriles is 1. The molecule has 2 N–H and O–H groups in total. The number of ether oxygens (including phenoxy) is 1. The first-order chi connectivity index (χ1) is 12.7. The highest BCUT2D eigenvalue weighted by Gasteiger charge is 2.45. The molecule has 0 spiro atoms. The van der Waals surface area contributed by atoms with Crippen molar-refractivity contribution in [3.63, 3.8) is 0 Å². The van der Waals surface area contributed by atoms with E-state index in [1.165, 1.54) is 25.6 Å². The van der Waals surface area contributed by atoms with Crippen LogP contribution in [0.4, 0.5) is 10.5 Å². The van der Waals surface area contributed by atoms with Crippen LogP contribution < -0.4 is 10.6 Å². The highest BCUT2D eigenvalue weighted by molar-refractivity contribution is 7.99. The molecule has 10 heteroatoms. The van der Waals surface area contributed by atoms with Crippen LogP contribution in [0.15, 0.2) is 29.2 Å². The number of hydrogen-bond acceptors (Lipinski definition) is 7. The smallest absolute Gasteiger partial charge is 0.326 e. The van der Waals surface area contributed by atoms with Crippen LogP contribution in [0, 0.1) is 11.3 Å². The molecule has 1 aliphatic heterocycles. The number of urea groups is 1. The van der Waals surface area contributed by atoms with Crippen molar-refractivity contribution in [2.45, 2.75) is 24.3 Å². The summed E-state index contributed by atoms with van der Waals surface area (Å²) in [4.78, 5) is 49.0. The summed E-state index contributed by atoms with van der Waals surface area (Å²) in [5.74, 6) is -1.77. The molecule has 0 bridgehead atoms. The van der Waals surface area contributed by atoms with Gasteiger partial charge in [0.15, 0.2) is 6.61 Å². The largest absolute Gasteiger partial charge is 0.454 e. The first-order valence-corrected chi connectivity index (χ1v) is 8.91. The minimum atomic E-state index is -1.08. The second-order valence-electron chi connectivity index (χ2n) is 6.10. The zero-order valence-corrected chi connectivity index (χ0v) is 15.6. The summed E-state index contributed by atoms with van der Waals surface area (Å²) in [6.45, 7) is 1.90. The van der Waals surface area contributed by atoms with Crippen molar-refractivity contribution < 1.29 is 23.9 Å². The summed E-state index contributed by atoms with van der Waals surface area (Å²) in [5.41, 5.74) is -0.589. The number of nitrogens with one attached hydrogen (secondary N) is 2. The van der Waals surface area contributed by atoms with Crippen LogP contribution in [0.1, 0.15) is 13.8 Å². The lowest BCUT2D eigenvalue weighted by atomic mass is 10.1. The number of nitrogens with zero attached hydrogens (tertiary/aromatic N) is 2. The quantitative estimate of drug-likeness (QED) is 0.405. The number of para-hydroxylation sites is 1. The number of amides is 4. The van der Waals surface area contributed by atoms with Crippen molar-refractivity contribution in [1.29, 1.82) is 5.26 Å². The van der Waals surface area contributed by atoms with E-state index < -0.39 is 42.5 Å². The highest BCUT2D eigenvalue weighted by atomic mass is 32.2. The second kappa shape index (κ2) is 8.55. The maximum Gasteiger partial charge on any atom is 0.326 e. The van der Waals surface area contributed by atoms with Gasteiger partial charge in [-0.1, -0.05) is 12.1 Å². The summed E-state index contributed by atoms with van der Waals surface area (Å²) in [6, 6.07) is 8.22. The lowest BCUT2D eigenvalue weighted by Crippen LogP contribution is -2.41. The molecule has 0 unspecified atom stereocenters. The van der Waals surface area contributed by atoms with Gasteiger partial charge >= 0.3 is 12.0 Å². The van der Waals surface area contributed by atoms with Crippen LogP contribution >= 0.6 is 11.8 Å². The minimum Gasteiger partial charge on any atom is -0.454 e. The molecular formula is C17H18N4O5S. The number of benzene rings is 1. The third kappa shape index (κ3) is 5.21. The number of hydrogen-bond donors (Lipinski definition) is 2. The van der Waals surface area contributed by atoms with Gasteiger partial charge in [0.25, 0.3) is 11.8 Å². The number of carbonyl (C=O) groups is 4.